The number of aromatic amines is 1. The van der Waals surface area contributed by atoms with Crippen LogP contribution < -0.4 is 5.56 Å². The van der Waals surface area contributed by atoms with E-state index in [0.29, 0.717) is 28.7 Å². The van der Waals surface area contributed by atoms with E-state index < -0.39 is 0 Å². The van der Waals surface area contributed by atoms with Crippen LogP contribution in [0.2, 0.25) is 5.02 Å². The fourth-order valence-corrected chi connectivity index (χ4v) is 3.84. The molecule has 0 saturated carbocycles. The van der Waals surface area contributed by atoms with Gasteiger partial charge in [0.25, 0.3) is 11.3 Å². The van der Waals surface area contributed by atoms with Crippen molar-refractivity contribution in [3.8, 4) is 0 Å². The number of nitrogens with zero attached hydrogens (tertiary/aromatic N) is 3. The molecule has 0 radical (unpaired) electrons. The third-order valence-electron chi connectivity index (χ3n) is 4.73. The Labute approximate surface area is 172 Å². The highest BCUT2D eigenvalue weighted by Crippen LogP contribution is 2.32. The van der Waals surface area contributed by atoms with E-state index >= 15 is 0 Å². The minimum Gasteiger partial charge on any atom is -0.275 e. The third-order valence-corrected chi connectivity index (χ3v) is 5.68. The van der Waals surface area contributed by atoms with Crippen LogP contribution in [0, 0.1) is 13.8 Å². The van der Waals surface area contributed by atoms with Crippen molar-refractivity contribution in [2.24, 2.45) is 0 Å². The summed E-state index contributed by atoms with van der Waals surface area (Å²) >= 11 is 10.9. The smallest absolute Gasteiger partial charge is 0.274 e. The molecule has 5 nitrogen and oxygen atoms in total. The second-order valence-electron chi connectivity index (χ2n) is 6.85. The van der Waals surface area contributed by atoms with Crippen LogP contribution in [0.5, 0.6) is 0 Å². The van der Waals surface area contributed by atoms with Crippen LogP contribution in [0.15, 0.2) is 53.3 Å². The highest BCUT2D eigenvalue weighted by molar-refractivity contribution is 7.80. The summed E-state index contributed by atoms with van der Waals surface area (Å²) in [6.45, 7) is 3.92. The molecule has 2 aromatic carbocycles. The first-order valence-corrected chi connectivity index (χ1v) is 9.79. The standard InChI is InChI=1S/C21H19ClN4OS/c1-12-9-16(22)13(2)8-15(12)20(28)17-11-19(27)26-21(23-17)24-18(25-26)10-14-6-4-3-5-7-14/h3-9,11,20,28H,10H2,1-2H3,(H,23,24,25). The second kappa shape index (κ2) is 7.45. The number of thiol groups is 1. The Morgan fingerprint density at radius 1 is 1.11 bits per heavy atom. The van der Waals surface area contributed by atoms with Crippen LogP contribution in [0.1, 0.15) is 39.0 Å². The number of rotatable bonds is 4. The number of aryl methyl sites for hydroxylation is 2. The molecule has 4 rings (SSSR count). The molecule has 0 aliphatic heterocycles. The molecule has 7 heteroatoms. The Morgan fingerprint density at radius 3 is 2.61 bits per heavy atom. The van der Waals surface area contributed by atoms with Gasteiger partial charge in [-0.15, -0.1) is 0 Å². The van der Waals surface area contributed by atoms with Crippen molar-refractivity contribution in [2.75, 3.05) is 0 Å². The maximum atomic E-state index is 12.6. The summed E-state index contributed by atoms with van der Waals surface area (Å²) in [6, 6.07) is 15.4. The van der Waals surface area contributed by atoms with Gasteiger partial charge in [0.05, 0.1) is 10.9 Å². The molecule has 1 N–H and O–H groups in total. The molecule has 1 atom stereocenters. The zero-order valence-corrected chi connectivity index (χ0v) is 17.1. The minimum atomic E-state index is -0.344. The van der Waals surface area contributed by atoms with Crippen LogP contribution in [-0.2, 0) is 6.42 Å². The first-order chi connectivity index (χ1) is 13.4. The van der Waals surface area contributed by atoms with E-state index in [1.54, 1.807) is 0 Å². The summed E-state index contributed by atoms with van der Waals surface area (Å²) in [5.41, 5.74) is 4.40. The molecule has 28 heavy (non-hydrogen) atoms. The maximum absolute atomic E-state index is 12.6. The number of H-pyrrole nitrogens is 1. The molecular formula is C21H19ClN4OS. The summed E-state index contributed by atoms with van der Waals surface area (Å²) in [6.07, 6.45) is 0.596. The molecule has 0 fully saturated rings. The Hall–Kier alpha value is -2.57. The Balaban J connectivity index is 1.73. The van der Waals surface area contributed by atoms with Gasteiger partial charge in [-0.25, -0.2) is 4.98 Å². The molecule has 2 aromatic heterocycles. The number of fused-ring (bicyclic) bond motifs is 1. The molecule has 0 amide bonds. The van der Waals surface area contributed by atoms with Crippen LogP contribution >= 0.6 is 24.2 Å². The number of hydrogen-bond donors (Lipinski definition) is 2. The Kier molecular flexibility index (Phi) is 5.00. The first kappa shape index (κ1) is 18.8. The second-order valence-corrected chi connectivity index (χ2v) is 7.77. The highest BCUT2D eigenvalue weighted by atomic mass is 35.5. The summed E-state index contributed by atoms with van der Waals surface area (Å²) < 4.78 is 1.36. The molecule has 4 aromatic rings. The van der Waals surface area contributed by atoms with Crippen molar-refractivity contribution in [3.05, 3.63) is 97.7 Å². The summed E-state index contributed by atoms with van der Waals surface area (Å²) in [7, 11) is 0. The van der Waals surface area contributed by atoms with Crippen LogP contribution in [0.4, 0.5) is 0 Å². The fourth-order valence-electron chi connectivity index (χ4n) is 3.21. The van der Waals surface area contributed by atoms with Crippen molar-refractivity contribution in [3.63, 3.8) is 0 Å². The van der Waals surface area contributed by atoms with E-state index in [1.165, 1.54) is 10.6 Å². The van der Waals surface area contributed by atoms with Gasteiger partial charge in [0.2, 0.25) is 0 Å². The number of aromatic nitrogens is 4. The largest absolute Gasteiger partial charge is 0.275 e. The predicted molar refractivity (Wildman–Crippen MR) is 115 cm³/mol. The number of nitrogens with one attached hydrogen (secondary N) is 1. The van der Waals surface area contributed by atoms with Crippen molar-refractivity contribution >= 4 is 30.0 Å². The molecule has 0 aliphatic carbocycles. The average Bonchev–Trinajstić information content (AvgIpc) is 3.08. The zero-order valence-electron chi connectivity index (χ0n) is 15.5. The Morgan fingerprint density at radius 2 is 1.86 bits per heavy atom. The quantitative estimate of drug-likeness (QED) is 0.493. The molecule has 142 valence electrons. The monoisotopic (exact) mass is 410 g/mol. The van der Waals surface area contributed by atoms with Gasteiger partial charge in [-0.3, -0.25) is 9.89 Å². The van der Waals surface area contributed by atoms with Gasteiger partial charge in [-0.05, 0) is 42.2 Å². The molecule has 0 bridgehead atoms. The van der Waals surface area contributed by atoms with Gasteiger partial charge >= 0.3 is 0 Å². The Bertz CT molecular complexity index is 1220. The van der Waals surface area contributed by atoms with E-state index in [1.807, 2.05) is 56.3 Å². The van der Waals surface area contributed by atoms with Crippen molar-refractivity contribution in [1.82, 2.24) is 19.6 Å². The summed E-state index contributed by atoms with van der Waals surface area (Å²) in [4.78, 5) is 21.7. The van der Waals surface area contributed by atoms with Crippen molar-refractivity contribution in [1.29, 1.82) is 0 Å². The third kappa shape index (κ3) is 3.57. The van der Waals surface area contributed by atoms with Crippen LogP contribution in [0.25, 0.3) is 5.78 Å². The van der Waals surface area contributed by atoms with Gasteiger partial charge in [-0.2, -0.15) is 22.1 Å². The van der Waals surface area contributed by atoms with Gasteiger partial charge in [0.15, 0.2) is 0 Å². The molecule has 0 saturated heterocycles. The van der Waals surface area contributed by atoms with Crippen molar-refractivity contribution in [2.45, 2.75) is 25.5 Å². The normalized spacial score (nSPS) is 12.4. The predicted octanol–water partition coefficient (Wildman–Crippen LogP) is 4.30. The number of halogens is 1. The van der Waals surface area contributed by atoms with Gasteiger partial charge in [0, 0.05) is 17.5 Å². The highest BCUT2D eigenvalue weighted by Gasteiger charge is 2.18. The van der Waals surface area contributed by atoms with Crippen LogP contribution in [-0.4, -0.2) is 19.6 Å². The van der Waals surface area contributed by atoms with Gasteiger partial charge in [-0.1, -0.05) is 48.0 Å². The summed E-state index contributed by atoms with van der Waals surface area (Å²) in [5.74, 6) is 1.03. The molecular weight excluding hydrogens is 392 g/mol. The van der Waals surface area contributed by atoms with Crippen molar-refractivity contribution < 1.29 is 0 Å². The average molecular weight is 411 g/mol. The van der Waals surface area contributed by atoms with E-state index in [0.717, 1.165) is 22.3 Å². The summed E-state index contributed by atoms with van der Waals surface area (Å²) in [5, 5.41) is 3.40. The van der Waals surface area contributed by atoms with E-state index in [4.69, 9.17) is 24.2 Å². The van der Waals surface area contributed by atoms with Gasteiger partial charge in [0.1, 0.15) is 5.82 Å². The number of benzene rings is 2. The first-order valence-electron chi connectivity index (χ1n) is 8.89. The van der Waals surface area contributed by atoms with E-state index in [2.05, 4.69) is 15.1 Å². The topological polar surface area (TPSA) is 63.0 Å². The zero-order chi connectivity index (χ0) is 19.8. The lowest BCUT2D eigenvalue weighted by molar-refractivity contribution is 0.850. The van der Waals surface area contributed by atoms with E-state index in [9.17, 15) is 4.79 Å². The minimum absolute atomic E-state index is 0.214. The lowest BCUT2D eigenvalue weighted by Gasteiger charge is -2.15. The SMILES string of the molecule is Cc1cc(C(S)c2cc(=O)n3[nH]c(Cc4ccccc4)nc3n2)c(C)cc1Cl. The van der Waals surface area contributed by atoms with Gasteiger partial charge < -0.3 is 0 Å². The molecule has 0 spiro atoms. The maximum Gasteiger partial charge on any atom is 0.274 e. The van der Waals surface area contributed by atoms with Crippen LogP contribution in [0.3, 0.4) is 0 Å². The fraction of sp³-hybridized carbons (Fsp3) is 0.190. The lowest BCUT2D eigenvalue weighted by atomic mass is 10.0. The number of hydrogen-bond acceptors (Lipinski definition) is 4. The lowest BCUT2D eigenvalue weighted by Crippen LogP contribution is -2.17. The molecule has 1 unspecified atom stereocenters. The van der Waals surface area contributed by atoms with E-state index in [-0.39, 0.29) is 10.8 Å². The molecule has 2 heterocycles. The molecule has 0 aliphatic rings.